The van der Waals surface area contributed by atoms with E-state index in [4.69, 9.17) is 14.6 Å². The highest BCUT2D eigenvalue weighted by molar-refractivity contribution is 5.89. The van der Waals surface area contributed by atoms with Gasteiger partial charge in [-0.25, -0.2) is 9.59 Å². The van der Waals surface area contributed by atoms with Gasteiger partial charge in [-0.15, -0.1) is 0 Å². The van der Waals surface area contributed by atoms with Crippen LogP contribution in [0, 0.1) is 0 Å². The maximum absolute atomic E-state index is 12.6. The van der Waals surface area contributed by atoms with Crippen LogP contribution in [0.3, 0.4) is 0 Å². The minimum atomic E-state index is -0.575. The van der Waals surface area contributed by atoms with Gasteiger partial charge in [0.05, 0.1) is 19.7 Å². The molecule has 4 aromatic carbocycles. The van der Waals surface area contributed by atoms with E-state index in [2.05, 4.69) is 0 Å². The van der Waals surface area contributed by atoms with Crippen molar-refractivity contribution in [3.8, 4) is 0 Å². The van der Waals surface area contributed by atoms with Crippen LogP contribution in [0.5, 0.6) is 0 Å². The number of amides is 2. The number of aliphatic hydroxyl groups is 1. The number of aliphatic hydroxyl groups excluding tert-OH is 1. The van der Waals surface area contributed by atoms with Gasteiger partial charge in [-0.1, -0.05) is 72.8 Å². The van der Waals surface area contributed by atoms with Gasteiger partial charge >= 0.3 is 12.2 Å². The van der Waals surface area contributed by atoms with Crippen molar-refractivity contribution in [2.45, 2.75) is 72.4 Å². The maximum Gasteiger partial charge on any atom is 0.415 e. The van der Waals surface area contributed by atoms with Gasteiger partial charge in [0.25, 0.3) is 0 Å². The maximum atomic E-state index is 12.6. The van der Waals surface area contributed by atoms with Crippen molar-refractivity contribution in [2.75, 3.05) is 9.80 Å². The summed E-state index contributed by atoms with van der Waals surface area (Å²) in [6, 6.07) is 33.6. The lowest BCUT2D eigenvalue weighted by Crippen LogP contribution is -2.36. The highest BCUT2D eigenvalue weighted by Gasteiger charge is 2.25. The average Bonchev–Trinajstić information content (AvgIpc) is 3.02. The van der Waals surface area contributed by atoms with Crippen LogP contribution >= 0.6 is 0 Å². The number of hydrogen-bond donors (Lipinski definition) is 1. The number of nitrogens with zero attached hydrogens (tertiary/aromatic N) is 2. The Hall–Kier alpha value is -4.95. The Morgan fingerprint density at radius 3 is 1.28 bits per heavy atom. The van der Waals surface area contributed by atoms with E-state index in [1.807, 2.05) is 114 Å². The summed E-state index contributed by atoms with van der Waals surface area (Å²) < 4.78 is 11.0. The summed E-state index contributed by atoms with van der Waals surface area (Å²) in [6.07, 6.45) is -0.0305. The Bertz CT molecular complexity index is 1530. The standard InChI is InChI=1S/C19H23NO3.C19H21NO3/c2*1-19(2,3)23-18(22)20(13-15-7-5-4-6-8-15)17-11-9-16(14-21)10-12-17/h4-12,21H,13-14H2,1-3H3;4-12,14H,13H2,1-3H3. The van der Waals surface area contributed by atoms with Gasteiger partial charge in [-0.2, -0.15) is 0 Å². The third kappa shape index (κ3) is 11.9. The number of hydrogen-bond acceptors (Lipinski definition) is 6. The second-order valence-electron chi connectivity index (χ2n) is 12.6. The molecule has 0 aliphatic heterocycles. The lowest BCUT2D eigenvalue weighted by atomic mass is 10.1. The Morgan fingerprint density at radius 2 is 0.957 bits per heavy atom. The highest BCUT2D eigenvalue weighted by Crippen LogP contribution is 2.23. The zero-order valence-corrected chi connectivity index (χ0v) is 27.5. The zero-order chi connectivity index (χ0) is 33.7. The van der Waals surface area contributed by atoms with E-state index < -0.39 is 23.4 Å². The Morgan fingerprint density at radius 1 is 0.587 bits per heavy atom. The van der Waals surface area contributed by atoms with Crippen LogP contribution in [-0.4, -0.2) is 34.8 Å². The fourth-order valence-corrected chi connectivity index (χ4v) is 4.20. The number of rotatable bonds is 8. The van der Waals surface area contributed by atoms with Crippen LogP contribution < -0.4 is 9.80 Å². The van der Waals surface area contributed by atoms with Crippen LogP contribution in [-0.2, 0) is 29.2 Å². The molecule has 0 spiro atoms. The van der Waals surface area contributed by atoms with Crippen LogP contribution in [0.2, 0.25) is 0 Å². The van der Waals surface area contributed by atoms with E-state index in [1.165, 1.54) is 0 Å². The molecule has 1 N–H and O–H groups in total. The van der Waals surface area contributed by atoms with Crippen molar-refractivity contribution >= 4 is 29.8 Å². The third-order valence-electron chi connectivity index (χ3n) is 6.37. The van der Waals surface area contributed by atoms with Crippen LogP contribution in [0.4, 0.5) is 21.0 Å². The van der Waals surface area contributed by atoms with E-state index in [-0.39, 0.29) is 6.61 Å². The molecule has 2 amide bonds. The second-order valence-corrected chi connectivity index (χ2v) is 12.6. The van der Waals surface area contributed by atoms with Crippen LogP contribution in [0.25, 0.3) is 0 Å². The molecule has 4 rings (SSSR count). The molecule has 0 bridgehead atoms. The molecule has 0 unspecified atom stereocenters. The van der Waals surface area contributed by atoms with Crippen LogP contribution in [0.15, 0.2) is 109 Å². The van der Waals surface area contributed by atoms with E-state index in [1.54, 1.807) is 46.2 Å². The quantitative estimate of drug-likeness (QED) is 0.197. The topological polar surface area (TPSA) is 96.4 Å². The van der Waals surface area contributed by atoms with Crippen molar-refractivity contribution in [2.24, 2.45) is 0 Å². The first-order valence-corrected chi connectivity index (χ1v) is 15.1. The van der Waals surface area contributed by atoms with Gasteiger partial charge in [-0.05, 0) is 94.6 Å². The number of carbonyl (C=O) groups excluding carboxylic acids is 3. The van der Waals surface area contributed by atoms with Crippen LogP contribution in [0.1, 0.15) is 68.6 Å². The number of carbonyl (C=O) groups is 3. The molecule has 0 aliphatic rings. The Balaban J connectivity index is 0.000000250. The lowest BCUT2D eigenvalue weighted by molar-refractivity contribution is 0.0566. The molecule has 0 fully saturated rings. The fraction of sp³-hybridized carbons (Fsp3) is 0.289. The summed E-state index contributed by atoms with van der Waals surface area (Å²) in [4.78, 5) is 39.1. The summed E-state index contributed by atoms with van der Waals surface area (Å²) in [7, 11) is 0. The first kappa shape index (κ1) is 35.5. The zero-order valence-electron chi connectivity index (χ0n) is 27.5. The normalized spacial score (nSPS) is 11.0. The first-order valence-electron chi connectivity index (χ1n) is 15.1. The molecule has 8 nitrogen and oxygen atoms in total. The summed E-state index contributed by atoms with van der Waals surface area (Å²) in [6.45, 7) is 11.8. The molecule has 0 aliphatic carbocycles. The Kier molecular flexibility index (Phi) is 12.7. The van der Waals surface area contributed by atoms with Crippen molar-refractivity contribution in [1.82, 2.24) is 0 Å². The highest BCUT2D eigenvalue weighted by atomic mass is 16.6. The molecule has 242 valence electrons. The van der Waals surface area contributed by atoms with E-state index in [0.29, 0.717) is 24.3 Å². The van der Waals surface area contributed by atoms with Crippen molar-refractivity contribution < 1.29 is 29.0 Å². The number of anilines is 2. The molecule has 0 heterocycles. The summed E-state index contributed by atoms with van der Waals surface area (Å²) >= 11 is 0. The van der Waals surface area contributed by atoms with Gasteiger partial charge < -0.3 is 14.6 Å². The molecule has 46 heavy (non-hydrogen) atoms. The van der Waals surface area contributed by atoms with E-state index >= 15 is 0 Å². The summed E-state index contributed by atoms with van der Waals surface area (Å²) in [5.41, 5.74) is 3.68. The number of benzene rings is 4. The van der Waals surface area contributed by atoms with E-state index in [0.717, 1.165) is 28.7 Å². The molecule has 0 atom stereocenters. The van der Waals surface area contributed by atoms with Gasteiger partial charge in [0.15, 0.2) is 0 Å². The van der Waals surface area contributed by atoms with Gasteiger partial charge in [0.1, 0.15) is 17.5 Å². The molecule has 0 saturated carbocycles. The van der Waals surface area contributed by atoms with Gasteiger partial charge in [-0.3, -0.25) is 14.6 Å². The summed E-state index contributed by atoms with van der Waals surface area (Å²) in [5.74, 6) is 0. The molecule has 0 aromatic heterocycles. The minimum Gasteiger partial charge on any atom is -0.443 e. The monoisotopic (exact) mass is 624 g/mol. The van der Waals surface area contributed by atoms with Crippen molar-refractivity contribution in [3.05, 3.63) is 131 Å². The molecule has 0 radical (unpaired) electrons. The van der Waals surface area contributed by atoms with E-state index in [9.17, 15) is 14.4 Å². The summed E-state index contributed by atoms with van der Waals surface area (Å²) in [5, 5.41) is 9.16. The smallest absolute Gasteiger partial charge is 0.415 e. The predicted molar refractivity (Wildman–Crippen MR) is 182 cm³/mol. The van der Waals surface area contributed by atoms with Gasteiger partial charge in [0, 0.05) is 16.9 Å². The third-order valence-corrected chi connectivity index (χ3v) is 6.37. The molecule has 8 heteroatoms. The molecular weight excluding hydrogens is 580 g/mol. The SMILES string of the molecule is CC(C)(C)OC(=O)N(Cc1ccccc1)c1ccc(C=O)cc1.CC(C)(C)OC(=O)N(Cc1ccccc1)c1ccc(CO)cc1. The van der Waals surface area contributed by atoms with Crippen molar-refractivity contribution in [3.63, 3.8) is 0 Å². The minimum absolute atomic E-state index is 0.0224. The molecule has 4 aromatic rings. The first-order chi connectivity index (χ1) is 21.8. The number of aldehydes is 1. The molecule has 0 saturated heterocycles. The molecular formula is C38H44N2O6. The van der Waals surface area contributed by atoms with Crippen molar-refractivity contribution in [1.29, 1.82) is 0 Å². The largest absolute Gasteiger partial charge is 0.443 e. The fourth-order valence-electron chi connectivity index (χ4n) is 4.20. The van der Waals surface area contributed by atoms with Gasteiger partial charge in [0.2, 0.25) is 0 Å². The predicted octanol–water partition coefficient (Wildman–Crippen LogP) is 8.56. The number of ether oxygens (including phenoxy) is 2. The average molecular weight is 625 g/mol. The lowest BCUT2D eigenvalue weighted by Gasteiger charge is -2.27. The second kappa shape index (κ2) is 16.4. The Labute approximate surface area is 272 Å².